The Bertz CT molecular complexity index is 222. The SMILES string of the molecule is CC1=NC(C=O)CC(=O)N1C. The minimum Gasteiger partial charge on any atom is -0.304 e. The third kappa shape index (κ3) is 1.45. The molecule has 1 heterocycles. The fraction of sp³-hybridized carbons (Fsp3) is 0.571. The highest BCUT2D eigenvalue weighted by molar-refractivity contribution is 6.00. The molecule has 4 nitrogen and oxygen atoms in total. The number of aliphatic imine (C=N–C) groups is 1. The number of aldehydes is 1. The highest BCUT2D eigenvalue weighted by atomic mass is 16.2. The van der Waals surface area contributed by atoms with E-state index in [1.54, 1.807) is 14.0 Å². The van der Waals surface area contributed by atoms with Crippen LogP contribution in [0.2, 0.25) is 0 Å². The van der Waals surface area contributed by atoms with E-state index in [4.69, 9.17) is 0 Å². The fourth-order valence-electron chi connectivity index (χ4n) is 0.947. The highest BCUT2D eigenvalue weighted by Crippen LogP contribution is 2.07. The number of rotatable bonds is 1. The van der Waals surface area contributed by atoms with Crippen molar-refractivity contribution in [1.29, 1.82) is 0 Å². The predicted octanol–water partition coefficient (Wildman–Crippen LogP) is -0.166. The van der Waals surface area contributed by atoms with Crippen LogP contribution < -0.4 is 0 Å². The van der Waals surface area contributed by atoms with Crippen LogP contribution in [0.3, 0.4) is 0 Å². The van der Waals surface area contributed by atoms with Crippen LogP contribution in [0.4, 0.5) is 0 Å². The van der Waals surface area contributed by atoms with Gasteiger partial charge in [0, 0.05) is 7.05 Å². The Morgan fingerprint density at radius 3 is 2.82 bits per heavy atom. The molecule has 1 rings (SSSR count). The van der Waals surface area contributed by atoms with E-state index in [9.17, 15) is 9.59 Å². The number of amidine groups is 1. The standard InChI is InChI=1S/C7H10N2O2/c1-5-8-6(4-10)3-7(11)9(5)2/h4,6H,3H2,1-2H3. The van der Waals surface area contributed by atoms with Gasteiger partial charge in [-0.15, -0.1) is 0 Å². The van der Waals surface area contributed by atoms with Gasteiger partial charge >= 0.3 is 0 Å². The summed E-state index contributed by atoms with van der Waals surface area (Å²) < 4.78 is 0. The molecule has 4 heteroatoms. The van der Waals surface area contributed by atoms with E-state index in [-0.39, 0.29) is 12.3 Å². The first-order valence-electron chi connectivity index (χ1n) is 3.41. The summed E-state index contributed by atoms with van der Waals surface area (Å²) in [7, 11) is 1.65. The van der Waals surface area contributed by atoms with Gasteiger partial charge in [-0.2, -0.15) is 0 Å². The summed E-state index contributed by atoms with van der Waals surface area (Å²) in [4.78, 5) is 26.8. The van der Waals surface area contributed by atoms with Crippen molar-refractivity contribution in [2.45, 2.75) is 19.4 Å². The summed E-state index contributed by atoms with van der Waals surface area (Å²) in [5, 5.41) is 0. The molecule has 1 amide bonds. The summed E-state index contributed by atoms with van der Waals surface area (Å²) in [6.07, 6.45) is 0.908. The third-order valence-electron chi connectivity index (χ3n) is 1.75. The lowest BCUT2D eigenvalue weighted by Crippen LogP contribution is -2.39. The molecule has 0 aromatic heterocycles. The number of nitrogens with zero attached hydrogens (tertiary/aromatic N) is 2. The number of carbonyl (C=O) groups is 2. The number of hydrogen-bond acceptors (Lipinski definition) is 3. The average molecular weight is 154 g/mol. The Kier molecular flexibility index (Phi) is 2.03. The number of hydrogen-bond donors (Lipinski definition) is 0. The van der Waals surface area contributed by atoms with Gasteiger partial charge in [-0.3, -0.25) is 9.79 Å². The van der Waals surface area contributed by atoms with Gasteiger partial charge in [0.25, 0.3) is 0 Å². The second-order valence-electron chi connectivity index (χ2n) is 2.54. The van der Waals surface area contributed by atoms with Crippen molar-refractivity contribution >= 4 is 18.0 Å². The molecule has 1 aliphatic rings. The lowest BCUT2D eigenvalue weighted by atomic mass is 10.2. The van der Waals surface area contributed by atoms with E-state index >= 15 is 0 Å². The first-order valence-corrected chi connectivity index (χ1v) is 3.41. The molecular weight excluding hydrogens is 144 g/mol. The molecule has 0 bridgehead atoms. The summed E-state index contributed by atoms with van der Waals surface area (Å²) in [6.45, 7) is 1.72. The molecule has 1 atom stereocenters. The van der Waals surface area contributed by atoms with Gasteiger partial charge in [0.05, 0.1) is 6.42 Å². The quantitative estimate of drug-likeness (QED) is 0.492. The van der Waals surface area contributed by atoms with Crippen LogP contribution in [0.1, 0.15) is 13.3 Å². The first-order chi connectivity index (χ1) is 5.15. The average Bonchev–Trinajstić information content (AvgIpc) is 1.99. The molecule has 0 aromatic carbocycles. The Balaban J connectivity index is 2.84. The molecule has 0 saturated heterocycles. The summed E-state index contributed by atoms with van der Waals surface area (Å²) in [6, 6.07) is -0.460. The predicted molar refractivity (Wildman–Crippen MR) is 40.3 cm³/mol. The van der Waals surface area contributed by atoms with Crippen LogP contribution >= 0.6 is 0 Å². The molecular formula is C7H10N2O2. The molecule has 1 unspecified atom stereocenters. The number of carbonyl (C=O) groups excluding carboxylic acids is 2. The van der Waals surface area contributed by atoms with Crippen LogP contribution in [-0.2, 0) is 9.59 Å². The normalized spacial score (nSPS) is 24.9. The van der Waals surface area contributed by atoms with Crippen molar-refractivity contribution in [2.24, 2.45) is 4.99 Å². The van der Waals surface area contributed by atoms with Crippen molar-refractivity contribution in [1.82, 2.24) is 4.90 Å². The maximum atomic E-state index is 11.1. The van der Waals surface area contributed by atoms with Crippen molar-refractivity contribution in [3.05, 3.63) is 0 Å². The van der Waals surface area contributed by atoms with Crippen molar-refractivity contribution in [2.75, 3.05) is 7.05 Å². The van der Waals surface area contributed by atoms with E-state index in [0.717, 1.165) is 0 Å². The maximum Gasteiger partial charge on any atom is 0.230 e. The summed E-state index contributed by atoms with van der Waals surface area (Å²) in [5.41, 5.74) is 0. The Hall–Kier alpha value is -1.19. The zero-order valence-electron chi connectivity index (χ0n) is 6.57. The molecule has 0 radical (unpaired) electrons. The third-order valence-corrected chi connectivity index (χ3v) is 1.75. The maximum absolute atomic E-state index is 11.1. The lowest BCUT2D eigenvalue weighted by molar-refractivity contribution is -0.128. The molecule has 60 valence electrons. The fourth-order valence-corrected chi connectivity index (χ4v) is 0.947. The van der Waals surface area contributed by atoms with Crippen molar-refractivity contribution in [3.8, 4) is 0 Å². The van der Waals surface area contributed by atoms with E-state index in [1.807, 2.05) is 0 Å². The van der Waals surface area contributed by atoms with Gasteiger partial charge in [-0.25, -0.2) is 0 Å². The van der Waals surface area contributed by atoms with Crippen LogP contribution in [0, 0.1) is 0 Å². The van der Waals surface area contributed by atoms with Crippen LogP contribution in [-0.4, -0.2) is 36.0 Å². The second-order valence-corrected chi connectivity index (χ2v) is 2.54. The number of amides is 1. The lowest BCUT2D eigenvalue weighted by Gasteiger charge is -2.23. The molecule has 0 fully saturated rings. The minimum atomic E-state index is -0.460. The molecule has 0 aromatic rings. The van der Waals surface area contributed by atoms with Crippen molar-refractivity contribution in [3.63, 3.8) is 0 Å². The van der Waals surface area contributed by atoms with Gasteiger partial charge in [-0.05, 0) is 6.92 Å². The van der Waals surface area contributed by atoms with E-state index in [1.165, 1.54) is 4.90 Å². The van der Waals surface area contributed by atoms with Crippen LogP contribution in [0.5, 0.6) is 0 Å². The molecule has 1 aliphatic heterocycles. The first kappa shape index (κ1) is 7.91. The Labute approximate surface area is 64.9 Å². The largest absolute Gasteiger partial charge is 0.304 e. The molecule has 0 spiro atoms. The monoisotopic (exact) mass is 154 g/mol. The second kappa shape index (κ2) is 2.82. The minimum absolute atomic E-state index is 0.0467. The smallest absolute Gasteiger partial charge is 0.230 e. The van der Waals surface area contributed by atoms with Crippen LogP contribution in [0.25, 0.3) is 0 Å². The van der Waals surface area contributed by atoms with E-state index < -0.39 is 6.04 Å². The van der Waals surface area contributed by atoms with Crippen LogP contribution in [0.15, 0.2) is 4.99 Å². The summed E-state index contributed by atoms with van der Waals surface area (Å²) in [5.74, 6) is 0.563. The molecule has 0 saturated carbocycles. The molecule has 0 aliphatic carbocycles. The van der Waals surface area contributed by atoms with Gasteiger partial charge < -0.3 is 9.69 Å². The van der Waals surface area contributed by atoms with Gasteiger partial charge in [0.15, 0.2) is 0 Å². The van der Waals surface area contributed by atoms with Gasteiger partial charge in [-0.1, -0.05) is 0 Å². The van der Waals surface area contributed by atoms with Gasteiger partial charge in [0.2, 0.25) is 5.91 Å². The van der Waals surface area contributed by atoms with Gasteiger partial charge in [0.1, 0.15) is 18.2 Å². The molecule has 0 N–H and O–H groups in total. The van der Waals surface area contributed by atoms with Crippen molar-refractivity contribution < 1.29 is 9.59 Å². The Morgan fingerprint density at radius 1 is 1.73 bits per heavy atom. The van der Waals surface area contributed by atoms with E-state index in [0.29, 0.717) is 12.1 Å². The Morgan fingerprint density at radius 2 is 2.36 bits per heavy atom. The zero-order chi connectivity index (χ0) is 8.43. The zero-order valence-corrected chi connectivity index (χ0v) is 6.57. The molecule has 11 heavy (non-hydrogen) atoms. The highest BCUT2D eigenvalue weighted by Gasteiger charge is 2.22. The topological polar surface area (TPSA) is 49.7 Å². The summed E-state index contributed by atoms with van der Waals surface area (Å²) >= 11 is 0. The van der Waals surface area contributed by atoms with E-state index in [2.05, 4.69) is 4.99 Å².